The largest absolute Gasteiger partial charge is 0.312 e. The Balaban J connectivity index is 1.21. The second-order valence-corrected chi connectivity index (χ2v) is 13.4. The summed E-state index contributed by atoms with van der Waals surface area (Å²) in [6.07, 6.45) is 6.82. The van der Waals surface area contributed by atoms with Gasteiger partial charge in [-0.05, 0) is 86.6 Å². The lowest BCUT2D eigenvalue weighted by Gasteiger charge is -2.34. The van der Waals surface area contributed by atoms with E-state index in [0.29, 0.717) is 37.9 Å². The maximum Gasteiger partial charge on any atom is 0.253 e. The van der Waals surface area contributed by atoms with Crippen molar-refractivity contribution in [2.24, 2.45) is 22.7 Å². The van der Waals surface area contributed by atoms with Crippen LogP contribution in [-0.4, -0.2) is 62.2 Å². The van der Waals surface area contributed by atoms with Gasteiger partial charge in [-0.2, -0.15) is 4.31 Å². The first-order chi connectivity index (χ1) is 18.1. The van der Waals surface area contributed by atoms with E-state index in [-0.39, 0.29) is 24.9 Å². The molecule has 1 spiro atoms. The van der Waals surface area contributed by atoms with E-state index >= 15 is 0 Å². The monoisotopic (exact) mass is 541 g/mol. The van der Waals surface area contributed by atoms with Gasteiger partial charge in [0.1, 0.15) is 11.4 Å². The SMILES string of the molecule is Cc1cc(N2CNCC2=O)ccc1C=CS(=O)(=O)N1CCC2(CC1)N=C(C1CCC(C(C)C)CC1)NC2=O. The van der Waals surface area contributed by atoms with Gasteiger partial charge in [-0.15, -0.1) is 0 Å². The van der Waals surface area contributed by atoms with Gasteiger partial charge in [-0.25, -0.2) is 8.42 Å². The zero-order valence-electron chi connectivity index (χ0n) is 22.6. The van der Waals surface area contributed by atoms with Gasteiger partial charge in [0.05, 0.1) is 13.2 Å². The predicted octanol–water partition coefficient (Wildman–Crippen LogP) is 3.01. The van der Waals surface area contributed by atoms with E-state index in [4.69, 9.17) is 4.99 Å². The third-order valence-corrected chi connectivity index (χ3v) is 10.4. The molecule has 9 nitrogen and oxygen atoms in total. The predicted molar refractivity (Wildman–Crippen MR) is 149 cm³/mol. The Bertz CT molecular complexity index is 1260. The van der Waals surface area contributed by atoms with Gasteiger partial charge >= 0.3 is 0 Å². The average molecular weight is 542 g/mol. The number of rotatable bonds is 6. The molecule has 4 aliphatic rings. The summed E-state index contributed by atoms with van der Waals surface area (Å²) in [4.78, 5) is 31.5. The third-order valence-electron chi connectivity index (χ3n) is 8.84. The van der Waals surface area contributed by atoms with Crippen molar-refractivity contribution in [3.63, 3.8) is 0 Å². The first-order valence-corrected chi connectivity index (χ1v) is 15.3. The molecular formula is C28H39N5O4S. The summed E-state index contributed by atoms with van der Waals surface area (Å²) in [5, 5.41) is 7.33. The molecule has 38 heavy (non-hydrogen) atoms. The molecule has 2 amide bonds. The number of aliphatic imine (C=N–C) groups is 1. The maximum absolute atomic E-state index is 13.1. The smallest absolute Gasteiger partial charge is 0.253 e. The van der Waals surface area contributed by atoms with Gasteiger partial charge in [0.25, 0.3) is 5.91 Å². The van der Waals surface area contributed by atoms with Gasteiger partial charge < -0.3 is 5.32 Å². The highest BCUT2D eigenvalue weighted by molar-refractivity contribution is 7.92. The standard InChI is InChI=1S/C28H39N5O4S/c1-19(2)21-4-6-23(7-5-21)26-30-27(35)28(31-26)11-13-32(14-12-28)38(36,37)15-10-22-8-9-24(16-20(22)3)33-18-29-17-25(33)34/h8-10,15-16,19,21,23,29H,4-7,11-14,17-18H2,1-3H3,(H,30,31,35). The van der Waals surface area contributed by atoms with Crippen molar-refractivity contribution >= 4 is 39.4 Å². The average Bonchev–Trinajstić information content (AvgIpc) is 3.46. The fourth-order valence-electron chi connectivity index (χ4n) is 6.20. The van der Waals surface area contributed by atoms with Crippen LogP contribution in [0.15, 0.2) is 28.6 Å². The zero-order chi connectivity index (χ0) is 27.1. The molecule has 10 heteroatoms. The van der Waals surface area contributed by atoms with E-state index in [1.165, 1.54) is 22.6 Å². The van der Waals surface area contributed by atoms with Crippen molar-refractivity contribution in [2.75, 3.05) is 31.2 Å². The van der Waals surface area contributed by atoms with Crippen molar-refractivity contribution in [2.45, 2.75) is 64.8 Å². The molecule has 1 aromatic rings. The number of piperidine rings is 1. The molecule has 1 saturated carbocycles. The zero-order valence-corrected chi connectivity index (χ0v) is 23.4. The molecule has 3 heterocycles. The number of nitrogens with one attached hydrogen (secondary N) is 2. The number of amides is 2. The molecule has 0 radical (unpaired) electrons. The Morgan fingerprint density at radius 1 is 1.11 bits per heavy atom. The van der Waals surface area contributed by atoms with Crippen LogP contribution < -0.4 is 15.5 Å². The number of hydrogen-bond acceptors (Lipinski definition) is 6. The summed E-state index contributed by atoms with van der Waals surface area (Å²) in [5.41, 5.74) is 1.62. The molecular weight excluding hydrogens is 502 g/mol. The summed E-state index contributed by atoms with van der Waals surface area (Å²) in [7, 11) is -3.65. The molecule has 3 aliphatic heterocycles. The van der Waals surface area contributed by atoms with E-state index in [1.807, 2.05) is 25.1 Å². The highest BCUT2D eigenvalue weighted by Gasteiger charge is 2.48. The second-order valence-electron chi connectivity index (χ2n) is 11.5. The summed E-state index contributed by atoms with van der Waals surface area (Å²) in [6, 6.07) is 5.56. The van der Waals surface area contributed by atoms with E-state index in [0.717, 1.165) is 41.4 Å². The van der Waals surface area contributed by atoms with Crippen LogP contribution in [-0.2, 0) is 19.6 Å². The van der Waals surface area contributed by atoms with Crippen molar-refractivity contribution in [1.82, 2.24) is 14.9 Å². The van der Waals surface area contributed by atoms with Crippen LogP contribution in [0, 0.1) is 24.7 Å². The number of carbonyl (C=O) groups is 2. The van der Waals surface area contributed by atoms with Crippen LogP contribution >= 0.6 is 0 Å². The van der Waals surface area contributed by atoms with Crippen LogP contribution in [0.2, 0.25) is 0 Å². The fraction of sp³-hybridized carbons (Fsp3) is 0.607. The van der Waals surface area contributed by atoms with Gasteiger partial charge in [-0.3, -0.25) is 24.8 Å². The van der Waals surface area contributed by atoms with E-state index in [1.54, 1.807) is 11.0 Å². The van der Waals surface area contributed by atoms with Gasteiger partial charge in [0.2, 0.25) is 15.9 Å². The molecule has 2 saturated heterocycles. The number of hydrogen-bond donors (Lipinski definition) is 2. The fourth-order valence-corrected chi connectivity index (χ4v) is 7.38. The molecule has 3 fully saturated rings. The Morgan fingerprint density at radius 3 is 2.42 bits per heavy atom. The number of aryl methyl sites for hydroxylation is 1. The number of sulfonamides is 1. The van der Waals surface area contributed by atoms with E-state index in [9.17, 15) is 18.0 Å². The topological polar surface area (TPSA) is 111 Å². The van der Waals surface area contributed by atoms with Gasteiger partial charge in [0.15, 0.2) is 0 Å². The summed E-state index contributed by atoms with van der Waals surface area (Å²) < 4.78 is 27.7. The Hall–Kier alpha value is -2.56. The first kappa shape index (κ1) is 27.0. The van der Waals surface area contributed by atoms with E-state index in [2.05, 4.69) is 24.5 Å². The highest BCUT2D eigenvalue weighted by atomic mass is 32.2. The van der Waals surface area contributed by atoms with E-state index < -0.39 is 15.6 Å². The highest BCUT2D eigenvalue weighted by Crippen LogP contribution is 2.38. The molecule has 206 valence electrons. The molecule has 2 N–H and O–H groups in total. The Morgan fingerprint density at radius 2 is 1.82 bits per heavy atom. The summed E-state index contributed by atoms with van der Waals surface area (Å²) >= 11 is 0. The molecule has 0 aromatic heterocycles. The quantitative estimate of drug-likeness (QED) is 0.575. The third kappa shape index (κ3) is 5.31. The lowest BCUT2D eigenvalue weighted by molar-refractivity contribution is -0.125. The number of amidine groups is 1. The van der Waals surface area contributed by atoms with Gasteiger partial charge in [0, 0.05) is 30.1 Å². The van der Waals surface area contributed by atoms with Crippen molar-refractivity contribution in [3.8, 4) is 0 Å². The number of anilines is 1. The molecule has 0 bridgehead atoms. The van der Waals surface area contributed by atoms with Crippen molar-refractivity contribution in [1.29, 1.82) is 0 Å². The Kier molecular flexibility index (Phi) is 7.50. The lowest BCUT2D eigenvalue weighted by Crippen LogP contribution is -2.50. The molecule has 1 aromatic carbocycles. The molecule has 0 unspecified atom stereocenters. The maximum atomic E-state index is 13.1. The number of benzene rings is 1. The second kappa shape index (κ2) is 10.5. The van der Waals surface area contributed by atoms with Crippen LogP contribution in [0.25, 0.3) is 6.08 Å². The minimum absolute atomic E-state index is 0.0176. The van der Waals surface area contributed by atoms with Crippen molar-refractivity contribution in [3.05, 3.63) is 34.7 Å². The molecule has 5 rings (SSSR count). The van der Waals surface area contributed by atoms with Gasteiger partial charge in [-0.1, -0.05) is 19.9 Å². The normalized spacial score (nSPS) is 26.5. The van der Waals surface area contributed by atoms with Crippen LogP contribution in [0.5, 0.6) is 0 Å². The number of carbonyl (C=O) groups excluding carboxylic acids is 2. The first-order valence-electron chi connectivity index (χ1n) is 13.8. The van der Waals surface area contributed by atoms with Crippen LogP contribution in [0.1, 0.15) is 63.5 Å². The van der Waals surface area contributed by atoms with Crippen molar-refractivity contribution < 1.29 is 18.0 Å². The Labute approximate surface area is 225 Å². The van der Waals surface area contributed by atoms with Crippen LogP contribution in [0.4, 0.5) is 5.69 Å². The summed E-state index contributed by atoms with van der Waals surface area (Å²) in [6.45, 7) is 7.78. The summed E-state index contributed by atoms with van der Waals surface area (Å²) in [5.74, 6) is 2.49. The van der Waals surface area contributed by atoms with Crippen LogP contribution in [0.3, 0.4) is 0 Å². The molecule has 0 atom stereocenters. The minimum atomic E-state index is -3.65. The number of nitrogens with zero attached hydrogens (tertiary/aromatic N) is 3. The lowest BCUT2D eigenvalue weighted by atomic mass is 9.76. The molecule has 1 aliphatic carbocycles. The minimum Gasteiger partial charge on any atom is -0.312 e.